The van der Waals surface area contributed by atoms with Crippen LogP contribution in [0.3, 0.4) is 0 Å². The number of likely N-dealkylation sites (N-methyl/N-ethyl adjacent to an activating group) is 1. The summed E-state index contributed by atoms with van der Waals surface area (Å²) in [6.07, 6.45) is 6.02. The van der Waals surface area contributed by atoms with Gasteiger partial charge in [-0.1, -0.05) is 12.8 Å². The SMILES string of the molecule is CN1CCCCC1CNS(=O)(=O)N1CCCCC1CO. The Bertz CT molecular complexity index is 402. The molecule has 2 aliphatic rings. The van der Waals surface area contributed by atoms with Crippen LogP contribution in [0.1, 0.15) is 38.5 Å². The number of nitrogens with one attached hydrogen (secondary N) is 1. The Hall–Kier alpha value is -0.210. The third-order valence-corrected chi connectivity index (χ3v) is 6.15. The highest BCUT2D eigenvalue weighted by atomic mass is 32.2. The maximum Gasteiger partial charge on any atom is 0.279 e. The summed E-state index contributed by atoms with van der Waals surface area (Å²) in [5, 5.41) is 9.34. The number of aliphatic hydroxyl groups is 1. The van der Waals surface area contributed by atoms with Crippen LogP contribution < -0.4 is 4.72 Å². The van der Waals surface area contributed by atoms with Crippen LogP contribution in [-0.4, -0.2) is 68.1 Å². The van der Waals surface area contributed by atoms with Gasteiger partial charge in [0.1, 0.15) is 0 Å². The molecule has 0 spiro atoms. The van der Waals surface area contributed by atoms with E-state index in [1.165, 1.54) is 17.1 Å². The van der Waals surface area contributed by atoms with E-state index in [0.717, 1.165) is 32.2 Å². The van der Waals surface area contributed by atoms with Crippen molar-refractivity contribution >= 4 is 10.2 Å². The van der Waals surface area contributed by atoms with Crippen molar-refractivity contribution in [1.82, 2.24) is 13.9 Å². The second-order valence-corrected chi connectivity index (χ2v) is 7.63. The lowest BCUT2D eigenvalue weighted by Crippen LogP contribution is -2.53. The van der Waals surface area contributed by atoms with Crippen molar-refractivity contribution in [2.45, 2.75) is 50.6 Å². The molecule has 0 aliphatic carbocycles. The Balaban J connectivity index is 1.92. The lowest BCUT2D eigenvalue weighted by Gasteiger charge is -2.36. The Morgan fingerprint density at radius 1 is 1.10 bits per heavy atom. The second kappa shape index (κ2) is 7.17. The van der Waals surface area contributed by atoms with E-state index in [1.807, 2.05) is 0 Å². The lowest BCUT2D eigenvalue weighted by atomic mass is 10.0. The zero-order valence-electron chi connectivity index (χ0n) is 12.3. The van der Waals surface area contributed by atoms with Gasteiger partial charge in [0.25, 0.3) is 10.2 Å². The lowest BCUT2D eigenvalue weighted by molar-refractivity contribution is 0.152. The second-order valence-electron chi connectivity index (χ2n) is 5.93. The molecule has 0 radical (unpaired) electrons. The maximum atomic E-state index is 12.4. The van der Waals surface area contributed by atoms with Gasteiger partial charge >= 0.3 is 0 Å². The first-order valence-electron chi connectivity index (χ1n) is 7.62. The molecule has 118 valence electrons. The van der Waals surface area contributed by atoms with Crippen molar-refractivity contribution in [3.05, 3.63) is 0 Å². The molecule has 0 aromatic rings. The van der Waals surface area contributed by atoms with Crippen molar-refractivity contribution in [2.75, 3.05) is 33.3 Å². The average Bonchev–Trinajstić information content (AvgIpc) is 2.46. The molecular weight excluding hydrogens is 278 g/mol. The molecule has 20 heavy (non-hydrogen) atoms. The van der Waals surface area contributed by atoms with Crippen LogP contribution in [0.4, 0.5) is 0 Å². The molecule has 0 amide bonds. The summed E-state index contributed by atoms with van der Waals surface area (Å²) in [7, 11) is -1.42. The van der Waals surface area contributed by atoms with Gasteiger partial charge in [0.15, 0.2) is 0 Å². The van der Waals surface area contributed by atoms with Gasteiger partial charge in [-0.2, -0.15) is 12.7 Å². The molecule has 0 saturated carbocycles. The normalized spacial score (nSPS) is 30.5. The van der Waals surface area contributed by atoms with E-state index in [4.69, 9.17) is 0 Å². The molecule has 2 atom stereocenters. The Kier molecular flexibility index (Phi) is 5.80. The monoisotopic (exact) mass is 305 g/mol. The van der Waals surface area contributed by atoms with Gasteiger partial charge < -0.3 is 10.0 Å². The molecule has 2 N–H and O–H groups in total. The van der Waals surface area contributed by atoms with E-state index in [-0.39, 0.29) is 18.7 Å². The number of aliphatic hydroxyl groups excluding tert-OH is 1. The number of piperidine rings is 2. The minimum atomic E-state index is -3.47. The summed E-state index contributed by atoms with van der Waals surface area (Å²) in [5.74, 6) is 0. The van der Waals surface area contributed by atoms with E-state index in [0.29, 0.717) is 13.1 Å². The van der Waals surface area contributed by atoms with Crippen molar-refractivity contribution in [1.29, 1.82) is 0 Å². The summed E-state index contributed by atoms with van der Waals surface area (Å²) in [5.41, 5.74) is 0. The maximum absolute atomic E-state index is 12.4. The first-order chi connectivity index (χ1) is 9.54. The van der Waals surface area contributed by atoms with E-state index in [2.05, 4.69) is 16.7 Å². The fourth-order valence-electron chi connectivity index (χ4n) is 3.16. The van der Waals surface area contributed by atoms with Crippen LogP contribution in [0.2, 0.25) is 0 Å². The average molecular weight is 305 g/mol. The van der Waals surface area contributed by atoms with Crippen molar-refractivity contribution < 1.29 is 13.5 Å². The number of nitrogens with zero attached hydrogens (tertiary/aromatic N) is 2. The predicted octanol–water partition coefficient (Wildman–Crippen LogP) is 0.152. The van der Waals surface area contributed by atoms with Crippen LogP contribution in [0, 0.1) is 0 Å². The van der Waals surface area contributed by atoms with Gasteiger partial charge in [-0.15, -0.1) is 0 Å². The van der Waals surface area contributed by atoms with Crippen molar-refractivity contribution in [2.24, 2.45) is 0 Å². The molecule has 2 unspecified atom stereocenters. The molecule has 7 heteroatoms. The Morgan fingerprint density at radius 2 is 1.75 bits per heavy atom. The third kappa shape index (κ3) is 3.92. The summed E-state index contributed by atoms with van der Waals surface area (Å²) in [6.45, 7) is 1.92. The number of rotatable bonds is 5. The standard InChI is InChI=1S/C13H27N3O3S/c1-15-8-4-2-6-12(15)10-14-20(18,19)16-9-5-3-7-13(16)11-17/h12-14,17H,2-11H2,1H3. The molecule has 6 nitrogen and oxygen atoms in total. The smallest absolute Gasteiger partial charge is 0.279 e. The van der Waals surface area contributed by atoms with Gasteiger partial charge in [0.2, 0.25) is 0 Å². The fraction of sp³-hybridized carbons (Fsp3) is 1.00. The molecular formula is C13H27N3O3S. The molecule has 2 fully saturated rings. The van der Waals surface area contributed by atoms with Crippen LogP contribution in [0.5, 0.6) is 0 Å². The van der Waals surface area contributed by atoms with Crippen molar-refractivity contribution in [3.8, 4) is 0 Å². The first kappa shape index (κ1) is 16.2. The molecule has 2 saturated heterocycles. The van der Waals surface area contributed by atoms with Gasteiger partial charge in [-0.3, -0.25) is 0 Å². The van der Waals surface area contributed by atoms with E-state index >= 15 is 0 Å². The molecule has 0 bridgehead atoms. The van der Waals surface area contributed by atoms with Gasteiger partial charge in [-0.05, 0) is 39.3 Å². The van der Waals surface area contributed by atoms with Crippen molar-refractivity contribution in [3.63, 3.8) is 0 Å². The number of hydrogen-bond donors (Lipinski definition) is 2. The molecule has 0 aromatic heterocycles. The molecule has 0 aromatic carbocycles. The minimum Gasteiger partial charge on any atom is -0.395 e. The molecule has 2 rings (SSSR count). The van der Waals surface area contributed by atoms with Gasteiger partial charge in [0.05, 0.1) is 6.61 Å². The van der Waals surface area contributed by atoms with Crippen LogP contribution in [0.15, 0.2) is 0 Å². The number of likely N-dealkylation sites (tertiary alicyclic amines) is 1. The Morgan fingerprint density at radius 3 is 2.40 bits per heavy atom. The number of hydrogen-bond acceptors (Lipinski definition) is 4. The zero-order chi connectivity index (χ0) is 14.6. The molecule has 2 aliphatic heterocycles. The third-order valence-electron chi connectivity index (χ3n) is 4.52. The topological polar surface area (TPSA) is 72.9 Å². The van der Waals surface area contributed by atoms with Crippen LogP contribution in [0.25, 0.3) is 0 Å². The molecule has 2 heterocycles. The van der Waals surface area contributed by atoms with Gasteiger partial charge in [-0.25, -0.2) is 4.72 Å². The minimum absolute atomic E-state index is 0.0930. The summed E-state index contributed by atoms with van der Waals surface area (Å²) >= 11 is 0. The highest BCUT2D eigenvalue weighted by molar-refractivity contribution is 7.87. The highest BCUT2D eigenvalue weighted by Gasteiger charge is 2.32. The Labute approximate surface area is 122 Å². The van der Waals surface area contributed by atoms with Crippen LogP contribution in [-0.2, 0) is 10.2 Å². The predicted molar refractivity (Wildman–Crippen MR) is 78.6 cm³/mol. The highest BCUT2D eigenvalue weighted by Crippen LogP contribution is 2.20. The zero-order valence-corrected chi connectivity index (χ0v) is 13.1. The summed E-state index contributed by atoms with van der Waals surface area (Å²) in [6, 6.07) is 0.0289. The van der Waals surface area contributed by atoms with Gasteiger partial charge in [0, 0.05) is 25.2 Å². The first-order valence-corrected chi connectivity index (χ1v) is 9.06. The van der Waals surface area contributed by atoms with E-state index < -0.39 is 10.2 Å². The quantitative estimate of drug-likeness (QED) is 0.758. The fourth-order valence-corrected chi connectivity index (χ4v) is 4.66. The largest absolute Gasteiger partial charge is 0.395 e. The summed E-state index contributed by atoms with van der Waals surface area (Å²) < 4.78 is 29.0. The van der Waals surface area contributed by atoms with Crippen LogP contribution >= 0.6 is 0 Å². The van der Waals surface area contributed by atoms with E-state index in [9.17, 15) is 13.5 Å². The van der Waals surface area contributed by atoms with E-state index in [1.54, 1.807) is 0 Å². The summed E-state index contributed by atoms with van der Waals surface area (Å²) in [4.78, 5) is 2.23.